The third-order valence-electron chi connectivity index (χ3n) is 3.59. The van der Waals surface area contributed by atoms with Crippen LogP contribution in [0.2, 0.25) is 0 Å². The smallest absolute Gasteiger partial charge is 0.307 e. The van der Waals surface area contributed by atoms with Gasteiger partial charge in [-0.05, 0) is 49.4 Å². The van der Waals surface area contributed by atoms with Crippen LogP contribution in [0, 0.1) is 0 Å². The average Bonchev–Trinajstić information content (AvgIpc) is 3.15. The summed E-state index contributed by atoms with van der Waals surface area (Å²) in [7, 11) is 0. The predicted molar refractivity (Wildman–Crippen MR) is 84.3 cm³/mol. The molecule has 0 saturated carbocycles. The number of carbonyl (C=O) groups is 1. The highest BCUT2D eigenvalue weighted by Gasteiger charge is 2.27. The fourth-order valence-corrected chi connectivity index (χ4v) is 3.05. The molecule has 0 radical (unpaired) electrons. The minimum atomic E-state index is -0.701. The monoisotopic (exact) mass is 318 g/mol. The molecule has 22 heavy (non-hydrogen) atoms. The molecule has 0 N–H and O–H groups in total. The molecule has 0 aliphatic carbocycles. The molecule has 2 heterocycles. The number of hydrogen-bond acceptors (Lipinski definition) is 5. The lowest BCUT2D eigenvalue weighted by atomic mass is 9.97. The Kier molecular flexibility index (Phi) is 4.07. The maximum absolute atomic E-state index is 12.1. The van der Waals surface area contributed by atoms with Crippen molar-refractivity contribution in [2.24, 2.45) is 0 Å². The molecule has 0 amide bonds. The summed E-state index contributed by atoms with van der Waals surface area (Å²) in [5.41, 5.74) is 0.189. The molecule has 4 nitrogen and oxygen atoms in total. The second kappa shape index (κ2) is 6.01. The highest BCUT2D eigenvalue weighted by molar-refractivity contribution is 7.09. The first-order valence-electron chi connectivity index (χ1n) is 7.19. The molecule has 0 saturated heterocycles. The van der Waals surface area contributed by atoms with Crippen molar-refractivity contribution in [1.82, 2.24) is 0 Å². The molecule has 0 unspecified atom stereocenters. The SMILES string of the molecule is CC(C)(OC(=O)CCc1cccs1)c1ccc2c(c1)OCO2. The van der Waals surface area contributed by atoms with Crippen LogP contribution in [0.25, 0.3) is 0 Å². The molecule has 5 heteroatoms. The molecule has 1 aliphatic heterocycles. The van der Waals surface area contributed by atoms with Crippen molar-refractivity contribution in [1.29, 1.82) is 0 Å². The van der Waals surface area contributed by atoms with Gasteiger partial charge in [-0.15, -0.1) is 11.3 Å². The standard InChI is InChI=1S/C17H18O4S/c1-17(2,12-5-7-14-15(10-12)20-11-19-14)21-16(18)8-6-13-4-3-9-22-13/h3-5,7,9-10H,6,8,11H2,1-2H3. The highest BCUT2D eigenvalue weighted by atomic mass is 32.1. The molecule has 1 aromatic heterocycles. The Labute approximate surface area is 133 Å². The second-order valence-electron chi connectivity index (χ2n) is 5.63. The lowest BCUT2D eigenvalue weighted by Gasteiger charge is -2.26. The van der Waals surface area contributed by atoms with E-state index >= 15 is 0 Å². The van der Waals surface area contributed by atoms with Crippen LogP contribution in [0.3, 0.4) is 0 Å². The van der Waals surface area contributed by atoms with E-state index in [1.807, 2.05) is 49.6 Å². The van der Waals surface area contributed by atoms with E-state index in [2.05, 4.69) is 0 Å². The van der Waals surface area contributed by atoms with Crippen LogP contribution in [0.5, 0.6) is 11.5 Å². The zero-order valence-corrected chi connectivity index (χ0v) is 13.4. The maximum atomic E-state index is 12.1. The van der Waals surface area contributed by atoms with Crippen LogP contribution in [0.1, 0.15) is 30.7 Å². The number of benzene rings is 1. The fraction of sp³-hybridized carbons (Fsp3) is 0.353. The Hall–Kier alpha value is -2.01. The van der Waals surface area contributed by atoms with Crippen LogP contribution in [-0.4, -0.2) is 12.8 Å². The van der Waals surface area contributed by atoms with Crippen LogP contribution >= 0.6 is 11.3 Å². The van der Waals surface area contributed by atoms with E-state index in [9.17, 15) is 4.79 Å². The van der Waals surface area contributed by atoms with Gasteiger partial charge in [0.1, 0.15) is 5.60 Å². The van der Waals surface area contributed by atoms with Gasteiger partial charge < -0.3 is 14.2 Å². The number of rotatable bonds is 5. The average molecular weight is 318 g/mol. The number of thiophene rings is 1. The molecule has 0 spiro atoms. The highest BCUT2D eigenvalue weighted by Crippen LogP contribution is 2.37. The minimum absolute atomic E-state index is 0.198. The van der Waals surface area contributed by atoms with Gasteiger partial charge in [-0.2, -0.15) is 0 Å². The van der Waals surface area contributed by atoms with E-state index in [0.29, 0.717) is 18.6 Å². The predicted octanol–water partition coefficient (Wildman–Crippen LogP) is 3.89. The van der Waals surface area contributed by atoms with Crippen molar-refractivity contribution in [2.75, 3.05) is 6.79 Å². The largest absolute Gasteiger partial charge is 0.455 e. The van der Waals surface area contributed by atoms with Gasteiger partial charge >= 0.3 is 5.97 Å². The van der Waals surface area contributed by atoms with Crippen molar-refractivity contribution in [3.8, 4) is 11.5 Å². The molecule has 0 atom stereocenters. The summed E-state index contributed by atoms with van der Waals surface area (Å²) in [4.78, 5) is 13.3. The molecule has 1 aromatic carbocycles. The lowest BCUT2D eigenvalue weighted by molar-refractivity contribution is -0.157. The normalized spacial score (nSPS) is 13.2. The van der Waals surface area contributed by atoms with Crippen molar-refractivity contribution >= 4 is 17.3 Å². The number of carbonyl (C=O) groups excluding carboxylic acids is 1. The first-order chi connectivity index (χ1) is 10.5. The lowest BCUT2D eigenvalue weighted by Crippen LogP contribution is -2.25. The zero-order chi connectivity index (χ0) is 15.6. The Morgan fingerprint density at radius 1 is 1.27 bits per heavy atom. The third kappa shape index (κ3) is 3.25. The van der Waals surface area contributed by atoms with E-state index in [1.54, 1.807) is 11.3 Å². The van der Waals surface area contributed by atoms with Gasteiger partial charge in [0.25, 0.3) is 0 Å². The summed E-state index contributed by atoms with van der Waals surface area (Å²) in [6, 6.07) is 9.64. The number of hydrogen-bond donors (Lipinski definition) is 0. The van der Waals surface area contributed by atoms with Crippen LogP contribution in [0.4, 0.5) is 0 Å². The van der Waals surface area contributed by atoms with Gasteiger partial charge in [0.05, 0.1) is 6.42 Å². The zero-order valence-electron chi connectivity index (χ0n) is 12.6. The Morgan fingerprint density at radius 3 is 2.86 bits per heavy atom. The molecule has 0 bridgehead atoms. The first-order valence-corrected chi connectivity index (χ1v) is 8.07. The summed E-state index contributed by atoms with van der Waals surface area (Å²) in [5.74, 6) is 1.22. The van der Waals surface area contributed by atoms with Gasteiger partial charge in [-0.3, -0.25) is 4.79 Å². The van der Waals surface area contributed by atoms with Crippen LogP contribution in [-0.2, 0) is 21.6 Å². The number of esters is 1. The third-order valence-corrected chi connectivity index (χ3v) is 4.53. The van der Waals surface area contributed by atoms with E-state index in [1.165, 1.54) is 4.88 Å². The molecule has 3 rings (SSSR count). The van der Waals surface area contributed by atoms with Crippen molar-refractivity contribution in [3.63, 3.8) is 0 Å². The van der Waals surface area contributed by atoms with Crippen molar-refractivity contribution < 1.29 is 19.0 Å². The Balaban J connectivity index is 1.63. The second-order valence-corrected chi connectivity index (χ2v) is 6.66. The van der Waals surface area contributed by atoms with Crippen molar-refractivity contribution in [3.05, 3.63) is 46.2 Å². The summed E-state index contributed by atoms with van der Waals surface area (Å²) in [6.45, 7) is 4.00. The molecular weight excluding hydrogens is 300 g/mol. The van der Waals surface area contributed by atoms with Gasteiger partial charge in [0.2, 0.25) is 6.79 Å². The van der Waals surface area contributed by atoms with Crippen molar-refractivity contribution in [2.45, 2.75) is 32.3 Å². The summed E-state index contributed by atoms with van der Waals surface area (Å²) in [6.07, 6.45) is 1.10. The van der Waals surface area contributed by atoms with Gasteiger partial charge in [0, 0.05) is 4.88 Å². The van der Waals surface area contributed by atoms with E-state index < -0.39 is 5.60 Å². The fourth-order valence-electron chi connectivity index (χ4n) is 2.35. The van der Waals surface area contributed by atoms with Gasteiger partial charge in [0.15, 0.2) is 11.5 Å². The van der Waals surface area contributed by atoms with E-state index in [0.717, 1.165) is 11.3 Å². The van der Waals surface area contributed by atoms with E-state index in [-0.39, 0.29) is 12.8 Å². The van der Waals surface area contributed by atoms with E-state index in [4.69, 9.17) is 14.2 Å². The Bertz CT molecular complexity index is 661. The summed E-state index contributed by atoms with van der Waals surface area (Å²) in [5, 5.41) is 2.01. The maximum Gasteiger partial charge on any atom is 0.307 e. The molecule has 1 aliphatic rings. The minimum Gasteiger partial charge on any atom is -0.455 e. The molecule has 2 aromatic rings. The topological polar surface area (TPSA) is 44.8 Å². The number of fused-ring (bicyclic) bond motifs is 1. The molecular formula is C17H18O4S. The van der Waals surface area contributed by atoms with Crippen LogP contribution < -0.4 is 9.47 Å². The van der Waals surface area contributed by atoms with Gasteiger partial charge in [-0.25, -0.2) is 0 Å². The van der Waals surface area contributed by atoms with Gasteiger partial charge in [-0.1, -0.05) is 12.1 Å². The summed E-state index contributed by atoms with van der Waals surface area (Å²) < 4.78 is 16.3. The quantitative estimate of drug-likeness (QED) is 0.785. The summed E-state index contributed by atoms with van der Waals surface area (Å²) >= 11 is 1.65. The van der Waals surface area contributed by atoms with Crippen LogP contribution in [0.15, 0.2) is 35.7 Å². The number of aryl methyl sites for hydroxylation is 1. The Morgan fingerprint density at radius 2 is 2.09 bits per heavy atom. The molecule has 116 valence electrons. The first kappa shape index (κ1) is 14.9. The number of ether oxygens (including phenoxy) is 3. The molecule has 0 fully saturated rings.